The van der Waals surface area contributed by atoms with E-state index in [0.29, 0.717) is 24.2 Å². The van der Waals surface area contributed by atoms with Crippen LogP contribution in [0.2, 0.25) is 0 Å². The van der Waals surface area contributed by atoms with Gasteiger partial charge in [0.1, 0.15) is 12.5 Å². The number of aryl methyl sites for hydroxylation is 1. The molecule has 0 fully saturated rings. The molecule has 2 heterocycles. The van der Waals surface area contributed by atoms with Gasteiger partial charge in [0.15, 0.2) is 0 Å². The Morgan fingerprint density at radius 2 is 2.09 bits per heavy atom. The van der Waals surface area contributed by atoms with E-state index in [9.17, 15) is 13.2 Å². The summed E-state index contributed by atoms with van der Waals surface area (Å²) in [4.78, 5) is 10.7. The number of benzene rings is 1. The summed E-state index contributed by atoms with van der Waals surface area (Å²) in [7, 11) is 0. The topological polar surface area (TPSA) is 33.4 Å². The zero-order valence-electron chi connectivity index (χ0n) is 12.9. The Balaban J connectivity index is 2.07. The summed E-state index contributed by atoms with van der Waals surface area (Å²) in [6.07, 6.45) is 1.12. The van der Waals surface area contributed by atoms with Gasteiger partial charge in [0, 0.05) is 19.0 Å². The van der Waals surface area contributed by atoms with Crippen molar-refractivity contribution in [1.82, 2.24) is 14.5 Å². The first kappa shape index (κ1) is 15.6. The van der Waals surface area contributed by atoms with Crippen molar-refractivity contribution in [3.05, 3.63) is 41.9 Å². The summed E-state index contributed by atoms with van der Waals surface area (Å²) in [5.41, 5.74) is 0.432. The van der Waals surface area contributed by atoms with Crippen LogP contribution < -0.4 is 0 Å². The SMILES string of the molecule is CCn1c([C@@H](C)N2C=CC=NC2)nc2ccc(C(F)(F)F)cc21. The number of alkyl halides is 3. The minimum absolute atomic E-state index is 0.0783. The molecule has 0 bridgehead atoms. The second-order valence-corrected chi connectivity index (χ2v) is 5.42. The van der Waals surface area contributed by atoms with E-state index < -0.39 is 11.7 Å². The molecule has 23 heavy (non-hydrogen) atoms. The van der Waals surface area contributed by atoms with E-state index >= 15 is 0 Å². The van der Waals surface area contributed by atoms with Gasteiger partial charge in [-0.25, -0.2) is 4.98 Å². The highest BCUT2D eigenvalue weighted by Gasteiger charge is 2.31. The maximum Gasteiger partial charge on any atom is 0.416 e. The summed E-state index contributed by atoms with van der Waals surface area (Å²) in [6.45, 7) is 4.95. The fourth-order valence-corrected chi connectivity index (χ4v) is 2.77. The van der Waals surface area contributed by atoms with Crippen LogP contribution >= 0.6 is 0 Å². The Kier molecular flexibility index (Phi) is 3.87. The molecule has 1 aliphatic heterocycles. The Morgan fingerprint density at radius 3 is 2.70 bits per heavy atom. The average Bonchev–Trinajstić information content (AvgIpc) is 2.91. The molecule has 122 valence electrons. The van der Waals surface area contributed by atoms with Crippen molar-refractivity contribution < 1.29 is 13.2 Å². The van der Waals surface area contributed by atoms with Crippen LogP contribution in [0.1, 0.15) is 31.3 Å². The number of allylic oxidation sites excluding steroid dienone is 1. The predicted molar refractivity (Wildman–Crippen MR) is 83.2 cm³/mol. The number of aliphatic imine (C=N–C) groups is 1. The number of nitrogens with zero attached hydrogens (tertiary/aromatic N) is 4. The van der Waals surface area contributed by atoms with E-state index in [0.717, 1.165) is 11.9 Å². The highest BCUT2D eigenvalue weighted by Crippen LogP contribution is 2.33. The molecule has 1 atom stereocenters. The van der Waals surface area contributed by atoms with E-state index in [4.69, 9.17) is 0 Å². The third-order valence-corrected chi connectivity index (χ3v) is 4.01. The lowest BCUT2D eigenvalue weighted by molar-refractivity contribution is -0.137. The zero-order valence-corrected chi connectivity index (χ0v) is 12.9. The molecule has 4 nitrogen and oxygen atoms in total. The molecule has 1 aromatic heterocycles. The first-order chi connectivity index (χ1) is 10.9. The van der Waals surface area contributed by atoms with E-state index in [-0.39, 0.29) is 6.04 Å². The van der Waals surface area contributed by atoms with Gasteiger partial charge in [0.25, 0.3) is 0 Å². The number of hydrogen-bond acceptors (Lipinski definition) is 3. The quantitative estimate of drug-likeness (QED) is 0.856. The van der Waals surface area contributed by atoms with Crippen molar-refractivity contribution in [3.8, 4) is 0 Å². The lowest BCUT2D eigenvalue weighted by atomic mass is 10.2. The van der Waals surface area contributed by atoms with Gasteiger partial charge in [-0.15, -0.1) is 0 Å². The van der Waals surface area contributed by atoms with Crippen LogP contribution in [0.5, 0.6) is 0 Å². The van der Waals surface area contributed by atoms with E-state index in [1.54, 1.807) is 6.21 Å². The van der Waals surface area contributed by atoms with Crippen LogP contribution in [0.4, 0.5) is 13.2 Å². The molecular formula is C16H17F3N4. The van der Waals surface area contributed by atoms with Crippen molar-refractivity contribution in [1.29, 1.82) is 0 Å². The first-order valence-electron chi connectivity index (χ1n) is 7.41. The van der Waals surface area contributed by atoms with Gasteiger partial charge in [0.2, 0.25) is 0 Å². The van der Waals surface area contributed by atoms with Crippen molar-refractivity contribution >= 4 is 17.2 Å². The second-order valence-electron chi connectivity index (χ2n) is 5.42. The summed E-state index contributed by atoms with van der Waals surface area (Å²) in [5.74, 6) is 0.739. The summed E-state index contributed by atoms with van der Waals surface area (Å²) in [6, 6.07) is 3.61. The molecule has 7 heteroatoms. The monoisotopic (exact) mass is 322 g/mol. The number of fused-ring (bicyclic) bond motifs is 1. The highest BCUT2D eigenvalue weighted by molar-refractivity contribution is 5.77. The van der Waals surface area contributed by atoms with Crippen molar-refractivity contribution in [2.45, 2.75) is 32.6 Å². The standard InChI is InChI=1S/C16H17F3N4/c1-3-23-14-9-12(16(17,18)19)5-6-13(14)21-15(23)11(2)22-8-4-7-20-10-22/h4-9,11H,3,10H2,1-2H3/t11-/m1/s1. The van der Waals surface area contributed by atoms with E-state index in [1.165, 1.54) is 12.1 Å². The third-order valence-electron chi connectivity index (χ3n) is 4.01. The molecule has 1 aliphatic rings. The van der Waals surface area contributed by atoms with Gasteiger partial charge in [0.05, 0.1) is 22.6 Å². The van der Waals surface area contributed by atoms with Gasteiger partial charge in [-0.05, 0) is 38.1 Å². The van der Waals surface area contributed by atoms with Crippen LogP contribution in [0.25, 0.3) is 11.0 Å². The van der Waals surface area contributed by atoms with E-state index in [2.05, 4.69) is 9.98 Å². The highest BCUT2D eigenvalue weighted by atomic mass is 19.4. The summed E-state index contributed by atoms with van der Waals surface area (Å²) in [5, 5.41) is 0. The second kappa shape index (κ2) is 5.72. The molecule has 0 aliphatic carbocycles. The fourth-order valence-electron chi connectivity index (χ4n) is 2.77. The minimum atomic E-state index is -4.35. The van der Waals surface area contributed by atoms with Gasteiger partial charge in [-0.3, -0.25) is 4.99 Å². The lowest BCUT2D eigenvalue weighted by Crippen LogP contribution is -2.25. The van der Waals surface area contributed by atoms with Crippen LogP contribution in [0, 0.1) is 0 Å². The van der Waals surface area contributed by atoms with Gasteiger partial charge >= 0.3 is 6.18 Å². The molecule has 2 aromatic rings. The first-order valence-corrected chi connectivity index (χ1v) is 7.41. The third kappa shape index (κ3) is 2.83. The smallest absolute Gasteiger partial charge is 0.348 e. The zero-order chi connectivity index (χ0) is 16.6. The van der Waals surface area contributed by atoms with Gasteiger partial charge < -0.3 is 9.47 Å². The fraction of sp³-hybridized carbons (Fsp3) is 0.375. The molecule has 0 unspecified atom stereocenters. The summed E-state index contributed by atoms with van der Waals surface area (Å²) < 4.78 is 40.7. The van der Waals surface area contributed by atoms with Crippen LogP contribution in [0.15, 0.2) is 35.5 Å². The summed E-state index contributed by atoms with van der Waals surface area (Å²) >= 11 is 0. The maximum atomic E-state index is 12.9. The van der Waals surface area contributed by atoms with Gasteiger partial charge in [-0.1, -0.05) is 0 Å². The average molecular weight is 322 g/mol. The van der Waals surface area contributed by atoms with Gasteiger partial charge in [-0.2, -0.15) is 13.2 Å². The van der Waals surface area contributed by atoms with Crippen LogP contribution in [0.3, 0.4) is 0 Å². The normalized spacial score (nSPS) is 16.3. The number of halogens is 3. The molecule has 0 saturated heterocycles. The Hall–Kier alpha value is -2.31. The lowest BCUT2D eigenvalue weighted by Gasteiger charge is -2.27. The molecule has 0 amide bonds. The Labute approximate surface area is 131 Å². The van der Waals surface area contributed by atoms with Crippen molar-refractivity contribution in [2.75, 3.05) is 6.67 Å². The minimum Gasteiger partial charge on any atom is -0.348 e. The molecule has 0 radical (unpaired) electrons. The maximum absolute atomic E-state index is 12.9. The molecule has 0 saturated carbocycles. The Morgan fingerprint density at radius 1 is 1.30 bits per heavy atom. The Bertz CT molecular complexity index is 773. The molecule has 3 rings (SSSR count). The predicted octanol–water partition coefficient (Wildman–Crippen LogP) is 3.99. The van der Waals surface area contributed by atoms with E-state index in [1.807, 2.05) is 35.6 Å². The number of hydrogen-bond donors (Lipinski definition) is 0. The van der Waals surface area contributed by atoms with Crippen molar-refractivity contribution in [2.24, 2.45) is 4.99 Å². The molecule has 0 spiro atoms. The van der Waals surface area contributed by atoms with Crippen LogP contribution in [-0.2, 0) is 12.7 Å². The number of imidazole rings is 1. The van der Waals surface area contributed by atoms with Crippen LogP contribution in [-0.4, -0.2) is 27.3 Å². The number of rotatable bonds is 3. The molecule has 1 aromatic carbocycles. The molecular weight excluding hydrogens is 305 g/mol. The van der Waals surface area contributed by atoms with Crippen molar-refractivity contribution in [3.63, 3.8) is 0 Å². The number of aromatic nitrogens is 2. The largest absolute Gasteiger partial charge is 0.416 e. The molecule has 0 N–H and O–H groups in total.